The summed E-state index contributed by atoms with van der Waals surface area (Å²) in [6, 6.07) is 15.6. The molecule has 3 aromatic heterocycles. The van der Waals surface area contributed by atoms with Crippen LogP contribution in [0.15, 0.2) is 60.9 Å². The Labute approximate surface area is 202 Å². The Kier molecular flexibility index (Phi) is 5.43. The Morgan fingerprint density at radius 3 is 2.63 bits per heavy atom. The van der Waals surface area contributed by atoms with Crippen LogP contribution in [-0.2, 0) is 11.3 Å². The number of carbonyl (C=O) groups is 1. The van der Waals surface area contributed by atoms with Crippen LogP contribution in [0.2, 0.25) is 0 Å². The zero-order chi connectivity index (χ0) is 23.8. The summed E-state index contributed by atoms with van der Waals surface area (Å²) in [5.74, 6) is 1.11. The highest BCUT2D eigenvalue weighted by atomic mass is 16.5. The second-order valence-corrected chi connectivity index (χ2v) is 9.21. The van der Waals surface area contributed by atoms with Crippen molar-refractivity contribution < 1.29 is 14.6 Å². The van der Waals surface area contributed by atoms with E-state index in [1.54, 1.807) is 17.3 Å². The number of rotatable bonds is 6. The largest absolute Gasteiger partial charge is 0.439 e. The van der Waals surface area contributed by atoms with Gasteiger partial charge in [-0.1, -0.05) is 6.07 Å². The van der Waals surface area contributed by atoms with Gasteiger partial charge in [-0.3, -0.25) is 19.8 Å². The number of H-pyrrole nitrogens is 1. The molecule has 0 unspecified atom stereocenters. The SMILES string of the molecule is O=C(N1CCN(Cc2ccc3cc(Oc4ccc(-c5ccn[nH]5)cn4)ccc3n2)CC1)C1(O)CC1. The average molecular weight is 471 g/mol. The third-order valence-electron chi connectivity index (χ3n) is 6.66. The fourth-order valence-electron chi connectivity index (χ4n) is 4.40. The Bertz CT molecular complexity index is 1340. The molecule has 1 aliphatic heterocycles. The topological polar surface area (TPSA) is 107 Å². The first kappa shape index (κ1) is 21.7. The van der Waals surface area contributed by atoms with Gasteiger partial charge in [0.25, 0.3) is 5.91 Å². The molecule has 2 fully saturated rings. The molecule has 0 atom stereocenters. The van der Waals surface area contributed by atoms with E-state index in [4.69, 9.17) is 9.72 Å². The van der Waals surface area contributed by atoms with Gasteiger partial charge in [-0.2, -0.15) is 5.10 Å². The van der Waals surface area contributed by atoms with Crippen molar-refractivity contribution in [2.75, 3.05) is 26.2 Å². The Morgan fingerprint density at radius 2 is 1.91 bits per heavy atom. The number of piperazine rings is 1. The highest BCUT2D eigenvalue weighted by molar-refractivity contribution is 5.88. The van der Waals surface area contributed by atoms with E-state index < -0.39 is 5.60 Å². The van der Waals surface area contributed by atoms with Crippen molar-refractivity contribution in [3.05, 3.63) is 66.6 Å². The molecule has 178 valence electrons. The van der Waals surface area contributed by atoms with Gasteiger partial charge in [0.05, 0.1) is 16.9 Å². The third-order valence-corrected chi connectivity index (χ3v) is 6.66. The first-order chi connectivity index (χ1) is 17.1. The van der Waals surface area contributed by atoms with Gasteiger partial charge in [0.2, 0.25) is 5.88 Å². The van der Waals surface area contributed by atoms with Crippen LogP contribution in [0.3, 0.4) is 0 Å². The number of hydrogen-bond donors (Lipinski definition) is 2. The van der Waals surface area contributed by atoms with Crippen LogP contribution in [0.25, 0.3) is 22.2 Å². The van der Waals surface area contributed by atoms with Crippen LogP contribution in [-0.4, -0.2) is 72.8 Å². The maximum Gasteiger partial charge on any atom is 0.254 e. The highest BCUT2D eigenvalue weighted by Crippen LogP contribution is 2.37. The van der Waals surface area contributed by atoms with Crippen molar-refractivity contribution in [2.45, 2.75) is 25.0 Å². The van der Waals surface area contributed by atoms with Gasteiger partial charge in [0.15, 0.2) is 0 Å². The lowest BCUT2D eigenvalue weighted by atomic mass is 10.2. The molecule has 6 rings (SSSR count). The molecular weight excluding hydrogens is 444 g/mol. The van der Waals surface area contributed by atoms with Gasteiger partial charge in [-0.25, -0.2) is 4.98 Å². The summed E-state index contributed by atoms with van der Waals surface area (Å²) in [6.45, 7) is 3.58. The Hall–Kier alpha value is -3.82. The predicted molar refractivity (Wildman–Crippen MR) is 130 cm³/mol. The lowest BCUT2D eigenvalue weighted by Crippen LogP contribution is -2.51. The van der Waals surface area contributed by atoms with Gasteiger partial charge in [0, 0.05) is 62.1 Å². The summed E-state index contributed by atoms with van der Waals surface area (Å²) in [4.78, 5) is 25.6. The summed E-state index contributed by atoms with van der Waals surface area (Å²) < 4.78 is 5.95. The molecule has 9 heteroatoms. The number of carbonyl (C=O) groups excluding carboxylic acids is 1. The van der Waals surface area contributed by atoms with E-state index in [0.717, 1.165) is 47.5 Å². The van der Waals surface area contributed by atoms with Crippen LogP contribution in [0.1, 0.15) is 18.5 Å². The van der Waals surface area contributed by atoms with Crippen molar-refractivity contribution in [2.24, 2.45) is 0 Å². The molecule has 0 bridgehead atoms. The second kappa shape index (κ2) is 8.75. The molecule has 35 heavy (non-hydrogen) atoms. The number of amides is 1. The normalized spacial score (nSPS) is 17.5. The zero-order valence-corrected chi connectivity index (χ0v) is 19.2. The third kappa shape index (κ3) is 4.60. The van der Waals surface area contributed by atoms with Crippen LogP contribution >= 0.6 is 0 Å². The highest BCUT2D eigenvalue weighted by Gasteiger charge is 2.50. The minimum atomic E-state index is -1.08. The summed E-state index contributed by atoms with van der Waals surface area (Å²) in [7, 11) is 0. The number of aromatic nitrogens is 4. The van der Waals surface area contributed by atoms with E-state index in [2.05, 4.69) is 26.1 Å². The summed E-state index contributed by atoms with van der Waals surface area (Å²) in [5, 5.41) is 17.9. The van der Waals surface area contributed by atoms with E-state index in [0.29, 0.717) is 37.6 Å². The van der Waals surface area contributed by atoms with Crippen molar-refractivity contribution >= 4 is 16.8 Å². The van der Waals surface area contributed by atoms with Crippen LogP contribution in [0.5, 0.6) is 11.6 Å². The van der Waals surface area contributed by atoms with E-state index in [9.17, 15) is 9.90 Å². The van der Waals surface area contributed by atoms with Crippen LogP contribution in [0.4, 0.5) is 0 Å². The van der Waals surface area contributed by atoms with Gasteiger partial charge in [-0.15, -0.1) is 0 Å². The number of aromatic amines is 1. The van der Waals surface area contributed by atoms with Crippen molar-refractivity contribution in [1.29, 1.82) is 0 Å². The van der Waals surface area contributed by atoms with E-state index in [1.807, 2.05) is 42.5 Å². The molecule has 1 aliphatic carbocycles. The molecule has 4 heterocycles. The lowest BCUT2D eigenvalue weighted by Gasteiger charge is -2.35. The summed E-state index contributed by atoms with van der Waals surface area (Å²) >= 11 is 0. The molecule has 1 saturated carbocycles. The number of pyridine rings is 2. The van der Waals surface area contributed by atoms with Gasteiger partial charge >= 0.3 is 0 Å². The number of ether oxygens (including phenoxy) is 1. The molecule has 2 aliphatic rings. The standard InChI is InChI=1S/C26H26N6O3/c33-25(26(34)8-9-26)32-13-11-31(12-14-32)17-20-3-1-18-15-21(4-5-22(18)29-20)35-24-6-2-19(16-27-24)23-7-10-28-30-23/h1-7,10,15-16,34H,8-9,11-14,17H2,(H,28,30). The maximum atomic E-state index is 12.3. The molecular formula is C26H26N6O3. The van der Waals surface area contributed by atoms with Crippen molar-refractivity contribution in [3.63, 3.8) is 0 Å². The fourth-order valence-corrected chi connectivity index (χ4v) is 4.40. The minimum absolute atomic E-state index is 0.108. The molecule has 0 spiro atoms. The molecule has 1 saturated heterocycles. The first-order valence-corrected chi connectivity index (χ1v) is 11.8. The molecule has 2 N–H and O–H groups in total. The minimum Gasteiger partial charge on any atom is -0.439 e. The van der Waals surface area contributed by atoms with Gasteiger partial charge in [-0.05, 0) is 49.2 Å². The number of nitrogens with zero attached hydrogens (tertiary/aromatic N) is 5. The van der Waals surface area contributed by atoms with E-state index in [-0.39, 0.29) is 5.91 Å². The molecule has 1 aromatic carbocycles. The van der Waals surface area contributed by atoms with Crippen LogP contribution < -0.4 is 4.74 Å². The number of nitrogens with one attached hydrogen (secondary N) is 1. The van der Waals surface area contributed by atoms with Crippen molar-refractivity contribution in [1.82, 2.24) is 30.0 Å². The van der Waals surface area contributed by atoms with Crippen LogP contribution in [0, 0.1) is 0 Å². The second-order valence-electron chi connectivity index (χ2n) is 9.21. The molecule has 1 amide bonds. The van der Waals surface area contributed by atoms with Gasteiger partial charge in [0.1, 0.15) is 11.4 Å². The lowest BCUT2D eigenvalue weighted by molar-refractivity contribution is -0.144. The number of hydrogen-bond acceptors (Lipinski definition) is 7. The predicted octanol–water partition coefficient (Wildman–Crippen LogP) is 2.98. The van der Waals surface area contributed by atoms with E-state index >= 15 is 0 Å². The first-order valence-electron chi connectivity index (χ1n) is 11.8. The molecule has 0 radical (unpaired) electrons. The smallest absolute Gasteiger partial charge is 0.254 e. The Balaban J connectivity index is 1.08. The average Bonchev–Trinajstić information content (AvgIpc) is 3.40. The summed E-state index contributed by atoms with van der Waals surface area (Å²) in [5.41, 5.74) is 2.66. The van der Waals surface area contributed by atoms with Gasteiger partial charge < -0.3 is 14.7 Å². The summed E-state index contributed by atoms with van der Waals surface area (Å²) in [6.07, 6.45) is 4.64. The molecule has 4 aromatic rings. The quantitative estimate of drug-likeness (QED) is 0.446. The van der Waals surface area contributed by atoms with E-state index in [1.165, 1.54) is 0 Å². The fraction of sp³-hybridized carbons (Fsp3) is 0.308. The zero-order valence-electron chi connectivity index (χ0n) is 19.2. The maximum absolute atomic E-state index is 12.3. The molecule has 9 nitrogen and oxygen atoms in total. The van der Waals surface area contributed by atoms with Crippen molar-refractivity contribution in [3.8, 4) is 22.9 Å². The number of benzene rings is 1. The number of aliphatic hydroxyl groups is 1. The number of fused-ring (bicyclic) bond motifs is 1. The monoisotopic (exact) mass is 470 g/mol. The Morgan fingerprint density at radius 1 is 1.06 bits per heavy atom.